The molecule has 2 aromatic carbocycles. The molecule has 0 fully saturated rings. The van der Waals surface area contributed by atoms with Gasteiger partial charge in [-0.25, -0.2) is 4.79 Å². The van der Waals surface area contributed by atoms with Crippen LogP contribution >= 0.6 is 0 Å². The molecule has 0 atom stereocenters. The highest BCUT2D eigenvalue weighted by molar-refractivity contribution is 6.02. The topological polar surface area (TPSA) is 91.2 Å². The van der Waals surface area contributed by atoms with Crippen molar-refractivity contribution < 1.29 is 14.3 Å². The zero-order valence-corrected chi connectivity index (χ0v) is 13.4. The fourth-order valence-corrected chi connectivity index (χ4v) is 1.98. The summed E-state index contributed by atoms with van der Waals surface area (Å²) in [5.41, 5.74) is 3.13. The molecule has 0 aliphatic heterocycles. The number of imide groups is 1. The molecule has 0 spiro atoms. The number of urea groups is 1. The number of carbonyl (C=O) groups excluding carboxylic acids is 2. The van der Waals surface area contributed by atoms with Crippen LogP contribution in [0.15, 0.2) is 42.5 Å². The van der Waals surface area contributed by atoms with Crippen molar-refractivity contribution >= 4 is 17.6 Å². The monoisotopic (exact) mass is 323 g/mol. The normalized spacial score (nSPS) is 9.71. The third-order valence-electron chi connectivity index (χ3n) is 3.46. The molecule has 3 amide bonds. The molecule has 0 bridgehead atoms. The molecular weight excluding hydrogens is 306 g/mol. The summed E-state index contributed by atoms with van der Waals surface area (Å²) in [6, 6.07) is 13.2. The van der Waals surface area contributed by atoms with E-state index in [4.69, 9.17) is 10.00 Å². The Morgan fingerprint density at radius 3 is 2.50 bits per heavy atom. The Labute approximate surface area is 140 Å². The van der Waals surface area contributed by atoms with Gasteiger partial charge in [0, 0.05) is 5.69 Å². The Kier molecular flexibility index (Phi) is 5.53. The van der Waals surface area contributed by atoms with Crippen LogP contribution in [0.3, 0.4) is 0 Å². The lowest BCUT2D eigenvalue weighted by molar-refractivity contribution is -0.121. The summed E-state index contributed by atoms with van der Waals surface area (Å²) >= 11 is 0. The summed E-state index contributed by atoms with van der Waals surface area (Å²) in [4.78, 5) is 23.6. The van der Waals surface area contributed by atoms with E-state index in [1.807, 2.05) is 32.0 Å². The Bertz CT molecular complexity index is 792. The maximum atomic E-state index is 11.8. The Hall–Kier alpha value is -3.33. The van der Waals surface area contributed by atoms with E-state index in [1.54, 1.807) is 30.3 Å². The molecule has 122 valence electrons. The van der Waals surface area contributed by atoms with Gasteiger partial charge in [-0.2, -0.15) is 5.26 Å². The van der Waals surface area contributed by atoms with Gasteiger partial charge in [-0.3, -0.25) is 10.1 Å². The molecular formula is C18H17N3O3. The van der Waals surface area contributed by atoms with Crippen LogP contribution in [0.4, 0.5) is 10.5 Å². The lowest BCUT2D eigenvalue weighted by atomic mass is 10.1. The van der Waals surface area contributed by atoms with E-state index in [-0.39, 0.29) is 6.61 Å². The quantitative estimate of drug-likeness (QED) is 0.905. The molecule has 0 aromatic heterocycles. The number of benzene rings is 2. The summed E-state index contributed by atoms with van der Waals surface area (Å²) < 4.78 is 5.26. The highest BCUT2D eigenvalue weighted by Gasteiger charge is 2.10. The standard InChI is InChI=1S/C18H17N3O3/c1-12-4-3-5-16(13(12)2)20-18(23)21-17(22)11-24-15-8-6-14(10-19)7-9-15/h3-9H,11H2,1-2H3,(H2,20,21,22,23). The Morgan fingerprint density at radius 1 is 1.12 bits per heavy atom. The van der Waals surface area contributed by atoms with E-state index in [1.165, 1.54) is 0 Å². The first-order valence-corrected chi connectivity index (χ1v) is 7.29. The van der Waals surface area contributed by atoms with E-state index in [0.29, 0.717) is 17.0 Å². The van der Waals surface area contributed by atoms with Crippen LogP contribution in [-0.4, -0.2) is 18.5 Å². The fourth-order valence-electron chi connectivity index (χ4n) is 1.98. The SMILES string of the molecule is Cc1cccc(NC(=O)NC(=O)COc2ccc(C#N)cc2)c1C. The lowest BCUT2D eigenvalue weighted by Gasteiger charge is -2.11. The van der Waals surface area contributed by atoms with Crippen LogP contribution in [0.25, 0.3) is 0 Å². The smallest absolute Gasteiger partial charge is 0.325 e. The lowest BCUT2D eigenvalue weighted by Crippen LogP contribution is -2.37. The molecule has 0 unspecified atom stereocenters. The van der Waals surface area contributed by atoms with Gasteiger partial charge in [0.15, 0.2) is 6.61 Å². The van der Waals surface area contributed by atoms with Crippen molar-refractivity contribution in [3.05, 3.63) is 59.2 Å². The second kappa shape index (κ2) is 7.79. The first kappa shape index (κ1) is 17.0. The van der Waals surface area contributed by atoms with Crippen LogP contribution < -0.4 is 15.4 Å². The zero-order valence-electron chi connectivity index (χ0n) is 13.4. The highest BCUT2D eigenvalue weighted by atomic mass is 16.5. The van der Waals surface area contributed by atoms with E-state index in [9.17, 15) is 9.59 Å². The maximum absolute atomic E-state index is 11.8. The number of carbonyl (C=O) groups is 2. The van der Waals surface area contributed by atoms with Crippen molar-refractivity contribution in [3.8, 4) is 11.8 Å². The van der Waals surface area contributed by atoms with Gasteiger partial charge in [-0.1, -0.05) is 12.1 Å². The first-order valence-electron chi connectivity index (χ1n) is 7.29. The molecule has 2 rings (SSSR count). The predicted molar refractivity (Wildman–Crippen MR) is 89.7 cm³/mol. The number of ether oxygens (including phenoxy) is 1. The van der Waals surface area contributed by atoms with Gasteiger partial charge in [-0.15, -0.1) is 0 Å². The van der Waals surface area contributed by atoms with Crippen LogP contribution in [0.2, 0.25) is 0 Å². The van der Waals surface area contributed by atoms with Gasteiger partial charge in [0.05, 0.1) is 11.6 Å². The molecule has 6 nitrogen and oxygen atoms in total. The van der Waals surface area contributed by atoms with Gasteiger partial charge in [0.25, 0.3) is 5.91 Å². The van der Waals surface area contributed by atoms with Crippen LogP contribution in [0.5, 0.6) is 5.75 Å². The second-order valence-electron chi connectivity index (χ2n) is 5.17. The molecule has 2 N–H and O–H groups in total. The largest absolute Gasteiger partial charge is 0.484 e. The van der Waals surface area contributed by atoms with Crippen LogP contribution in [0, 0.1) is 25.2 Å². The third kappa shape index (κ3) is 4.58. The number of hydrogen-bond acceptors (Lipinski definition) is 4. The van der Waals surface area contributed by atoms with Gasteiger partial charge in [0.1, 0.15) is 5.75 Å². The molecule has 24 heavy (non-hydrogen) atoms. The molecule has 0 heterocycles. The summed E-state index contributed by atoms with van der Waals surface area (Å²) in [6.07, 6.45) is 0. The predicted octanol–water partition coefficient (Wildman–Crippen LogP) is 2.90. The first-order chi connectivity index (χ1) is 11.5. The summed E-state index contributed by atoms with van der Waals surface area (Å²) in [5.74, 6) is -0.124. The number of anilines is 1. The summed E-state index contributed by atoms with van der Waals surface area (Å²) in [7, 11) is 0. The number of amides is 3. The summed E-state index contributed by atoms with van der Waals surface area (Å²) in [5, 5.41) is 13.5. The molecule has 0 aliphatic carbocycles. The minimum absolute atomic E-state index is 0.299. The number of hydrogen-bond donors (Lipinski definition) is 2. The fraction of sp³-hybridized carbons (Fsp3) is 0.167. The third-order valence-corrected chi connectivity index (χ3v) is 3.46. The molecule has 0 saturated carbocycles. The minimum Gasteiger partial charge on any atom is -0.484 e. The van der Waals surface area contributed by atoms with Crippen molar-refractivity contribution in [2.75, 3.05) is 11.9 Å². The summed E-state index contributed by atoms with van der Waals surface area (Å²) in [6.45, 7) is 3.53. The average Bonchev–Trinajstić information content (AvgIpc) is 2.57. The van der Waals surface area contributed by atoms with Gasteiger partial charge < -0.3 is 10.1 Å². The number of nitriles is 1. The van der Waals surface area contributed by atoms with Crippen molar-refractivity contribution in [1.82, 2.24) is 5.32 Å². The van der Waals surface area contributed by atoms with Crippen LogP contribution in [0.1, 0.15) is 16.7 Å². The Morgan fingerprint density at radius 2 is 1.83 bits per heavy atom. The van der Waals surface area contributed by atoms with Gasteiger partial charge in [-0.05, 0) is 55.3 Å². The second-order valence-corrected chi connectivity index (χ2v) is 5.17. The minimum atomic E-state index is -0.614. The van der Waals surface area contributed by atoms with Gasteiger partial charge >= 0.3 is 6.03 Å². The van der Waals surface area contributed by atoms with Gasteiger partial charge in [0.2, 0.25) is 0 Å². The van der Waals surface area contributed by atoms with E-state index < -0.39 is 11.9 Å². The van der Waals surface area contributed by atoms with Crippen molar-refractivity contribution in [2.45, 2.75) is 13.8 Å². The number of nitrogens with one attached hydrogen (secondary N) is 2. The highest BCUT2D eigenvalue weighted by Crippen LogP contribution is 2.17. The number of nitrogens with zero attached hydrogens (tertiary/aromatic N) is 1. The maximum Gasteiger partial charge on any atom is 0.325 e. The zero-order chi connectivity index (χ0) is 17.5. The number of aryl methyl sites for hydroxylation is 1. The van der Waals surface area contributed by atoms with Crippen molar-refractivity contribution in [3.63, 3.8) is 0 Å². The molecule has 6 heteroatoms. The molecule has 0 radical (unpaired) electrons. The average molecular weight is 323 g/mol. The molecule has 0 saturated heterocycles. The van der Waals surface area contributed by atoms with Crippen LogP contribution in [-0.2, 0) is 4.79 Å². The molecule has 0 aliphatic rings. The van der Waals surface area contributed by atoms with E-state index in [0.717, 1.165) is 11.1 Å². The molecule has 2 aromatic rings. The number of rotatable bonds is 4. The Balaban J connectivity index is 1.84. The van der Waals surface area contributed by atoms with E-state index in [2.05, 4.69) is 10.6 Å². The van der Waals surface area contributed by atoms with E-state index >= 15 is 0 Å². The van der Waals surface area contributed by atoms with Crippen molar-refractivity contribution in [1.29, 1.82) is 5.26 Å². The van der Waals surface area contributed by atoms with Crippen molar-refractivity contribution in [2.24, 2.45) is 0 Å².